The van der Waals surface area contributed by atoms with E-state index in [-0.39, 0.29) is 0 Å². The summed E-state index contributed by atoms with van der Waals surface area (Å²) in [6, 6.07) is 0. The van der Waals surface area contributed by atoms with Gasteiger partial charge in [-0.3, -0.25) is 0 Å². The van der Waals surface area contributed by atoms with Crippen LogP contribution in [-0.4, -0.2) is 36.1 Å². The van der Waals surface area contributed by atoms with E-state index in [1.54, 1.807) is 0 Å². The predicted molar refractivity (Wildman–Crippen MR) is 73.6 cm³/mol. The molecule has 5 heteroatoms. The largest absolute Gasteiger partial charge is 0.381 e. The summed E-state index contributed by atoms with van der Waals surface area (Å²) in [5.74, 6) is 2.71. The highest BCUT2D eigenvalue weighted by Gasteiger charge is 2.25. The number of rotatable bonds is 4. The lowest BCUT2D eigenvalue weighted by molar-refractivity contribution is -0.0115. The Kier molecular flexibility index (Phi) is 4.68. The Balaban J connectivity index is 1.56. The second kappa shape index (κ2) is 6.68. The van der Waals surface area contributed by atoms with Gasteiger partial charge in [0.1, 0.15) is 0 Å². The number of aromatic nitrogens is 2. The minimum Gasteiger partial charge on any atom is -0.381 e. The molecule has 2 atom stereocenters. The van der Waals surface area contributed by atoms with Gasteiger partial charge >= 0.3 is 0 Å². The summed E-state index contributed by atoms with van der Waals surface area (Å²) in [6.07, 6.45) is 6.63. The van der Waals surface area contributed by atoms with Gasteiger partial charge in [0.05, 0.1) is 6.10 Å². The molecule has 2 aliphatic heterocycles. The Morgan fingerprint density at radius 3 is 2.80 bits per heavy atom. The average Bonchev–Trinajstić information content (AvgIpc) is 2.97. The van der Waals surface area contributed by atoms with Gasteiger partial charge in [-0.25, -0.2) is 0 Å². The Labute approximate surface area is 120 Å². The van der Waals surface area contributed by atoms with Crippen LogP contribution < -0.4 is 0 Å². The van der Waals surface area contributed by atoms with E-state index in [0.717, 1.165) is 70.1 Å². The minimum absolute atomic E-state index is 0.409. The summed E-state index contributed by atoms with van der Waals surface area (Å²) in [6.45, 7) is 4.67. The molecule has 0 amide bonds. The van der Waals surface area contributed by atoms with E-state index in [9.17, 15) is 0 Å². The minimum atomic E-state index is 0.409. The molecule has 0 aliphatic carbocycles. The van der Waals surface area contributed by atoms with Crippen molar-refractivity contribution in [2.45, 2.75) is 57.5 Å². The van der Waals surface area contributed by atoms with Crippen molar-refractivity contribution < 1.29 is 14.0 Å². The summed E-state index contributed by atoms with van der Waals surface area (Å²) >= 11 is 0. The zero-order valence-electron chi connectivity index (χ0n) is 12.2. The third-order valence-corrected chi connectivity index (χ3v) is 4.46. The molecule has 0 saturated carbocycles. The molecule has 0 aromatic carbocycles. The van der Waals surface area contributed by atoms with Crippen LogP contribution in [0.25, 0.3) is 0 Å². The number of ether oxygens (including phenoxy) is 2. The zero-order valence-corrected chi connectivity index (χ0v) is 12.2. The summed E-state index contributed by atoms with van der Waals surface area (Å²) in [7, 11) is 0. The fraction of sp³-hybridized carbons (Fsp3) is 0.867. The fourth-order valence-electron chi connectivity index (χ4n) is 3.15. The molecule has 2 aliphatic rings. The Hall–Kier alpha value is -0.940. The summed E-state index contributed by atoms with van der Waals surface area (Å²) in [5, 5.41) is 4.17. The zero-order chi connectivity index (χ0) is 13.8. The first-order chi connectivity index (χ1) is 9.85. The molecule has 2 fully saturated rings. The number of nitrogens with zero attached hydrogens (tertiary/aromatic N) is 2. The molecule has 0 spiro atoms. The highest BCUT2D eigenvalue weighted by molar-refractivity contribution is 4.97. The van der Waals surface area contributed by atoms with Crippen molar-refractivity contribution in [3.63, 3.8) is 0 Å². The molecule has 5 nitrogen and oxygen atoms in total. The van der Waals surface area contributed by atoms with Crippen LogP contribution in [0.1, 0.15) is 56.7 Å². The van der Waals surface area contributed by atoms with Gasteiger partial charge in [0, 0.05) is 32.2 Å². The van der Waals surface area contributed by atoms with E-state index in [1.807, 2.05) is 0 Å². The third kappa shape index (κ3) is 3.38. The molecule has 3 rings (SSSR count). The van der Waals surface area contributed by atoms with Crippen molar-refractivity contribution in [3.05, 3.63) is 11.7 Å². The van der Waals surface area contributed by atoms with E-state index >= 15 is 0 Å². The quantitative estimate of drug-likeness (QED) is 0.848. The molecule has 3 heterocycles. The molecule has 0 bridgehead atoms. The Bertz CT molecular complexity index is 415. The van der Waals surface area contributed by atoms with Crippen LogP contribution in [0.4, 0.5) is 0 Å². The predicted octanol–water partition coefficient (Wildman–Crippen LogP) is 2.71. The Morgan fingerprint density at radius 2 is 2.00 bits per heavy atom. The molecule has 0 N–H and O–H groups in total. The molecule has 1 aromatic heterocycles. The van der Waals surface area contributed by atoms with E-state index in [1.165, 1.54) is 0 Å². The van der Waals surface area contributed by atoms with Crippen LogP contribution in [0.3, 0.4) is 0 Å². The van der Waals surface area contributed by atoms with Gasteiger partial charge in [-0.05, 0) is 38.0 Å². The molecule has 2 saturated heterocycles. The van der Waals surface area contributed by atoms with Gasteiger partial charge in [-0.15, -0.1) is 0 Å². The standard InChI is InChI=1S/C15H24N2O3/c1-2-13-9-11(3-8-19-13)10-14-16-15(17-20-14)12-4-6-18-7-5-12/h11-13H,2-10H2,1H3/t11-,13+/m1/s1. The lowest BCUT2D eigenvalue weighted by Gasteiger charge is -2.27. The van der Waals surface area contributed by atoms with Gasteiger partial charge < -0.3 is 14.0 Å². The lowest BCUT2D eigenvalue weighted by atomic mass is 9.91. The van der Waals surface area contributed by atoms with Crippen LogP contribution in [-0.2, 0) is 15.9 Å². The van der Waals surface area contributed by atoms with Gasteiger partial charge in [0.15, 0.2) is 5.82 Å². The topological polar surface area (TPSA) is 57.4 Å². The maximum Gasteiger partial charge on any atom is 0.226 e. The van der Waals surface area contributed by atoms with E-state index in [2.05, 4.69) is 17.1 Å². The maximum atomic E-state index is 5.71. The van der Waals surface area contributed by atoms with Gasteiger partial charge in [0.25, 0.3) is 0 Å². The van der Waals surface area contributed by atoms with Crippen molar-refractivity contribution in [1.29, 1.82) is 0 Å². The van der Waals surface area contributed by atoms with Crippen LogP contribution in [0.5, 0.6) is 0 Å². The van der Waals surface area contributed by atoms with E-state index < -0.39 is 0 Å². The van der Waals surface area contributed by atoms with Gasteiger partial charge in [0.2, 0.25) is 5.89 Å². The molecular formula is C15H24N2O3. The lowest BCUT2D eigenvalue weighted by Crippen LogP contribution is -2.26. The summed E-state index contributed by atoms with van der Waals surface area (Å²) in [4.78, 5) is 4.60. The van der Waals surface area contributed by atoms with Gasteiger partial charge in [-0.1, -0.05) is 12.1 Å². The number of hydrogen-bond donors (Lipinski definition) is 0. The highest BCUT2D eigenvalue weighted by Crippen LogP contribution is 2.27. The average molecular weight is 280 g/mol. The highest BCUT2D eigenvalue weighted by atomic mass is 16.5. The molecular weight excluding hydrogens is 256 g/mol. The second-order valence-electron chi connectivity index (χ2n) is 5.93. The molecule has 112 valence electrons. The van der Waals surface area contributed by atoms with Crippen LogP contribution >= 0.6 is 0 Å². The van der Waals surface area contributed by atoms with Crippen LogP contribution in [0, 0.1) is 5.92 Å². The molecule has 1 aromatic rings. The maximum absolute atomic E-state index is 5.71. The first-order valence-electron chi connectivity index (χ1n) is 7.87. The summed E-state index contributed by atoms with van der Waals surface area (Å²) < 4.78 is 16.5. The normalized spacial score (nSPS) is 28.6. The van der Waals surface area contributed by atoms with Crippen molar-refractivity contribution in [2.75, 3.05) is 19.8 Å². The van der Waals surface area contributed by atoms with Gasteiger partial charge in [-0.2, -0.15) is 4.98 Å². The van der Waals surface area contributed by atoms with Crippen molar-refractivity contribution >= 4 is 0 Å². The second-order valence-corrected chi connectivity index (χ2v) is 5.93. The smallest absolute Gasteiger partial charge is 0.226 e. The van der Waals surface area contributed by atoms with Crippen molar-refractivity contribution in [2.24, 2.45) is 5.92 Å². The monoisotopic (exact) mass is 280 g/mol. The van der Waals surface area contributed by atoms with E-state index in [4.69, 9.17) is 14.0 Å². The van der Waals surface area contributed by atoms with Crippen LogP contribution in [0.2, 0.25) is 0 Å². The van der Waals surface area contributed by atoms with Crippen molar-refractivity contribution in [3.8, 4) is 0 Å². The molecule has 20 heavy (non-hydrogen) atoms. The van der Waals surface area contributed by atoms with Crippen LogP contribution in [0.15, 0.2) is 4.52 Å². The molecule has 0 radical (unpaired) electrons. The Morgan fingerprint density at radius 1 is 1.15 bits per heavy atom. The SMILES string of the molecule is CC[C@H]1C[C@H](Cc2nc(C3CCOCC3)no2)CCO1. The number of hydrogen-bond acceptors (Lipinski definition) is 5. The molecule has 0 unspecified atom stereocenters. The fourth-order valence-corrected chi connectivity index (χ4v) is 3.15. The first-order valence-corrected chi connectivity index (χ1v) is 7.87. The first kappa shape index (κ1) is 14.0. The van der Waals surface area contributed by atoms with Crippen molar-refractivity contribution in [1.82, 2.24) is 10.1 Å². The van der Waals surface area contributed by atoms with E-state index in [0.29, 0.717) is 17.9 Å². The third-order valence-electron chi connectivity index (χ3n) is 4.46. The summed E-state index contributed by atoms with van der Waals surface area (Å²) in [5.41, 5.74) is 0.